The lowest BCUT2D eigenvalue weighted by Crippen LogP contribution is -2.40. The first-order chi connectivity index (χ1) is 8.33. The Labute approximate surface area is 108 Å². The summed E-state index contributed by atoms with van der Waals surface area (Å²) in [4.78, 5) is 0. The average Bonchev–Trinajstić information content (AvgIpc) is 3.19. The van der Waals surface area contributed by atoms with E-state index in [0.717, 1.165) is 22.6 Å². The van der Waals surface area contributed by atoms with E-state index in [4.69, 9.17) is 12.2 Å². The van der Waals surface area contributed by atoms with Crippen LogP contribution in [0.3, 0.4) is 0 Å². The summed E-state index contributed by atoms with van der Waals surface area (Å²) in [5.41, 5.74) is 1.07. The molecule has 0 amide bonds. The van der Waals surface area contributed by atoms with Crippen molar-refractivity contribution in [1.29, 1.82) is 0 Å². The van der Waals surface area contributed by atoms with Crippen molar-refractivity contribution < 1.29 is 0 Å². The predicted octanol–water partition coefficient (Wildman–Crippen LogP) is 3.16. The van der Waals surface area contributed by atoms with Gasteiger partial charge in [-0.05, 0) is 61.9 Å². The van der Waals surface area contributed by atoms with Crippen LogP contribution in [-0.2, 0) is 0 Å². The van der Waals surface area contributed by atoms with Gasteiger partial charge in [-0.1, -0.05) is 18.2 Å². The number of hydrogen-bond donors (Lipinski definition) is 2. The number of anilines is 1. The third kappa shape index (κ3) is 2.97. The molecule has 2 nitrogen and oxygen atoms in total. The fourth-order valence-electron chi connectivity index (χ4n) is 2.37. The molecule has 0 saturated heterocycles. The van der Waals surface area contributed by atoms with Crippen LogP contribution < -0.4 is 10.6 Å². The van der Waals surface area contributed by atoms with Gasteiger partial charge in [-0.2, -0.15) is 0 Å². The molecule has 0 bridgehead atoms. The van der Waals surface area contributed by atoms with Crippen molar-refractivity contribution in [1.82, 2.24) is 5.32 Å². The quantitative estimate of drug-likeness (QED) is 0.798. The molecule has 2 N–H and O–H groups in total. The molecule has 0 spiro atoms. The molecule has 1 aromatic rings. The predicted molar refractivity (Wildman–Crippen MR) is 75.0 cm³/mol. The SMILES string of the molecule is S=C(Nc1ccccc1)NC(C1CC1)C1CC1. The van der Waals surface area contributed by atoms with Gasteiger partial charge in [-0.25, -0.2) is 0 Å². The minimum Gasteiger partial charge on any atom is -0.359 e. The molecule has 0 heterocycles. The van der Waals surface area contributed by atoms with Crippen molar-refractivity contribution in [2.45, 2.75) is 31.7 Å². The van der Waals surface area contributed by atoms with E-state index in [9.17, 15) is 0 Å². The number of thiocarbonyl (C=S) groups is 1. The van der Waals surface area contributed by atoms with Gasteiger partial charge in [0, 0.05) is 11.7 Å². The van der Waals surface area contributed by atoms with Gasteiger partial charge in [0.05, 0.1) is 0 Å². The topological polar surface area (TPSA) is 24.1 Å². The Morgan fingerprint density at radius 1 is 1.06 bits per heavy atom. The Balaban J connectivity index is 1.55. The van der Waals surface area contributed by atoms with E-state index < -0.39 is 0 Å². The van der Waals surface area contributed by atoms with Crippen LogP contribution >= 0.6 is 12.2 Å². The molecule has 0 atom stereocenters. The zero-order chi connectivity index (χ0) is 11.7. The van der Waals surface area contributed by atoms with E-state index in [1.165, 1.54) is 25.7 Å². The molecular formula is C14H18N2S. The van der Waals surface area contributed by atoms with E-state index in [1.807, 2.05) is 30.3 Å². The summed E-state index contributed by atoms with van der Waals surface area (Å²) in [5.74, 6) is 1.75. The Hall–Kier alpha value is -1.09. The third-order valence-electron chi connectivity index (χ3n) is 3.59. The Kier molecular flexibility index (Phi) is 3.02. The molecule has 17 heavy (non-hydrogen) atoms. The lowest BCUT2D eigenvalue weighted by molar-refractivity contribution is 0.484. The molecule has 2 aliphatic carbocycles. The van der Waals surface area contributed by atoms with Crippen LogP contribution in [0.15, 0.2) is 30.3 Å². The van der Waals surface area contributed by atoms with Crippen molar-refractivity contribution in [2.75, 3.05) is 5.32 Å². The van der Waals surface area contributed by atoms with Gasteiger partial charge in [0.2, 0.25) is 0 Å². The van der Waals surface area contributed by atoms with Crippen LogP contribution in [0.2, 0.25) is 0 Å². The molecule has 0 aromatic heterocycles. The highest BCUT2D eigenvalue weighted by atomic mass is 32.1. The monoisotopic (exact) mass is 246 g/mol. The average molecular weight is 246 g/mol. The molecular weight excluding hydrogens is 228 g/mol. The summed E-state index contributed by atoms with van der Waals surface area (Å²) >= 11 is 5.38. The van der Waals surface area contributed by atoms with Crippen LogP contribution in [0, 0.1) is 11.8 Å². The number of rotatable bonds is 4. The Bertz CT molecular complexity index is 384. The van der Waals surface area contributed by atoms with Crippen molar-refractivity contribution >= 4 is 23.0 Å². The van der Waals surface area contributed by atoms with Crippen molar-refractivity contribution in [2.24, 2.45) is 11.8 Å². The fraction of sp³-hybridized carbons (Fsp3) is 0.500. The van der Waals surface area contributed by atoms with Gasteiger partial charge < -0.3 is 10.6 Å². The Morgan fingerprint density at radius 3 is 2.18 bits per heavy atom. The van der Waals surface area contributed by atoms with Crippen LogP contribution in [0.5, 0.6) is 0 Å². The van der Waals surface area contributed by atoms with Gasteiger partial charge in [0.1, 0.15) is 0 Å². The molecule has 0 unspecified atom stereocenters. The molecule has 2 saturated carbocycles. The van der Waals surface area contributed by atoms with Gasteiger partial charge in [0.15, 0.2) is 5.11 Å². The van der Waals surface area contributed by atoms with Crippen molar-refractivity contribution in [3.63, 3.8) is 0 Å². The second-order valence-electron chi connectivity index (χ2n) is 5.17. The number of benzene rings is 1. The van der Waals surface area contributed by atoms with Crippen LogP contribution in [-0.4, -0.2) is 11.2 Å². The Morgan fingerprint density at radius 2 is 1.65 bits per heavy atom. The van der Waals surface area contributed by atoms with Gasteiger partial charge in [0.25, 0.3) is 0 Å². The first kappa shape index (κ1) is 11.0. The maximum Gasteiger partial charge on any atom is 0.171 e. The van der Waals surface area contributed by atoms with Crippen molar-refractivity contribution in [3.05, 3.63) is 30.3 Å². The summed E-state index contributed by atoms with van der Waals surface area (Å²) < 4.78 is 0. The highest BCUT2D eigenvalue weighted by molar-refractivity contribution is 7.80. The lowest BCUT2D eigenvalue weighted by Gasteiger charge is -2.20. The second-order valence-corrected chi connectivity index (χ2v) is 5.57. The molecule has 90 valence electrons. The molecule has 3 heteroatoms. The summed E-state index contributed by atoms with van der Waals surface area (Å²) in [5, 5.41) is 7.55. The third-order valence-corrected chi connectivity index (χ3v) is 3.81. The van der Waals surface area contributed by atoms with E-state index in [-0.39, 0.29) is 0 Å². The fourth-order valence-corrected chi connectivity index (χ4v) is 2.63. The normalized spacial score (nSPS) is 19.1. The van der Waals surface area contributed by atoms with E-state index in [1.54, 1.807) is 0 Å². The molecule has 1 aromatic carbocycles. The summed E-state index contributed by atoms with van der Waals surface area (Å²) in [7, 11) is 0. The van der Waals surface area contributed by atoms with Crippen molar-refractivity contribution in [3.8, 4) is 0 Å². The van der Waals surface area contributed by atoms with E-state index >= 15 is 0 Å². The second kappa shape index (κ2) is 4.65. The highest BCUT2D eigenvalue weighted by Gasteiger charge is 2.41. The first-order valence-corrected chi connectivity index (χ1v) is 6.86. The van der Waals surface area contributed by atoms with Crippen LogP contribution in [0.4, 0.5) is 5.69 Å². The van der Waals surface area contributed by atoms with Gasteiger partial charge >= 0.3 is 0 Å². The molecule has 3 rings (SSSR count). The first-order valence-electron chi connectivity index (χ1n) is 6.45. The minimum absolute atomic E-state index is 0.624. The summed E-state index contributed by atoms with van der Waals surface area (Å²) in [6, 6.07) is 10.8. The molecule has 0 radical (unpaired) electrons. The lowest BCUT2D eigenvalue weighted by atomic mass is 10.1. The summed E-state index contributed by atoms with van der Waals surface area (Å²) in [6.45, 7) is 0. The van der Waals surface area contributed by atoms with Crippen LogP contribution in [0.1, 0.15) is 25.7 Å². The van der Waals surface area contributed by atoms with Crippen LogP contribution in [0.25, 0.3) is 0 Å². The number of hydrogen-bond acceptors (Lipinski definition) is 1. The maximum atomic E-state index is 5.38. The van der Waals surface area contributed by atoms with E-state index in [2.05, 4.69) is 10.6 Å². The number of para-hydroxylation sites is 1. The molecule has 0 aliphatic heterocycles. The zero-order valence-electron chi connectivity index (χ0n) is 9.86. The maximum absolute atomic E-state index is 5.38. The smallest absolute Gasteiger partial charge is 0.171 e. The van der Waals surface area contributed by atoms with E-state index in [0.29, 0.717) is 6.04 Å². The zero-order valence-corrected chi connectivity index (χ0v) is 10.7. The largest absolute Gasteiger partial charge is 0.359 e. The summed E-state index contributed by atoms with van der Waals surface area (Å²) in [6.07, 6.45) is 5.51. The van der Waals surface area contributed by atoms with Gasteiger partial charge in [-0.3, -0.25) is 0 Å². The molecule has 2 fully saturated rings. The van der Waals surface area contributed by atoms with Gasteiger partial charge in [-0.15, -0.1) is 0 Å². The minimum atomic E-state index is 0.624. The number of nitrogens with one attached hydrogen (secondary N) is 2. The standard InChI is InChI=1S/C14H18N2S/c17-14(15-12-4-2-1-3-5-12)16-13(10-6-7-10)11-8-9-11/h1-5,10-11,13H,6-9H2,(H2,15,16,17). The molecule has 2 aliphatic rings. The highest BCUT2D eigenvalue weighted by Crippen LogP contribution is 2.44.